The summed E-state index contributed by atoms with van der Waals surface area (Å²) >= 11 is 0. The smallest absolute Gasteiger partial charge is 0.181 e. The second-order valence-electron chi connectivity index (χ2n) is 5.45. The van der Waals surface area contributed by atoms with Crippen LogP contribution < -0.4 is 10.1 Å². The molecule has 0 aliphatic rings. The fraction of sp³-hybridized carbons (Fsp3) is 0.562. The minimum atomic E-state index is -0.440. The second-order valence-corrected chi connectivity index (χ2v) is 5.45. The first kappa shape index (κ1) is 16.5. The molecule has 1 rings (SSSR count). The fourth-order valence-electron chi connectivity index (χ4n) is 1.93. The molecule has 0 spiro atoms. The van der Waals surface area contributed by atoms with Crippen molar-refractivity contribution in [2.24, 2.45) is 5.92 Å². The van der Waals surface area contributed by atoms with Crippen LogP contribution in [0.25, 0.3) is 0 Å². The van der Waals surface area contributed by atoms with Crippen LogP contribution in [0.1, 0.15) is 32.8 Å². The Labute approximate surface area is 121 Å². The second kappa shape index (κ2) is 8.57. The standard InChI is InChI=1S/C16H24N2O2/c1-12(2)8-15(19)11-18-10-14-4-6-16(7-5-14)20-13(3)9-17/h4-7,12-13,15,18-19H,8,10-11H2,1-3H3. The largest absolute Gasteiger partial charge is 0.476 e. The fourth-order valence-corrected chi connectivity index (χ4v) is 1.93. The van der Waals surface area contributed by atoms with Crippen LogP contribution in [0.3, 0.4) is 0 Å². The summed E-state index contributed by atoms with van der Waals surface area (Å²) in [5, 5.41) is 21.7. The summed E-state index contributed by atoms with van der Waals surface area (Å²) in [7, 11) is 0. The third-order valence-electron chi connectivity index (χ3n) is 2.87. The summed E-state index contributed by atoms with van der Waals surface area (Å²) < 4.78 is 5.38. The number of aliphatic hydroxyl groups is 1. The van der Waals surface area contributed by atoms with Gasteiger partial charge in [-0.1, -0.05) is 26.0 Å². The van der Waals surface area contributed by atoms with Crippen LogP contribution in [0.15, 0.2) is 24.3 Å². The van der Waals surface area contributed by atoms with E-state index in [-0.39, 0.29) is 6.10 Å². The number of hydrogen-bond donors (Lipinski definition) is 2. The van der Waals surface area contributed by atoms with Crippen LogP contribution in [0, 0.1) is 17.2 Å². The molecule has 20 heavy (non-hydrogen) atoms. The molecule has 0 aliphatic carbocycles. The molecule has 110 valence electrons. The van der Waals surface area contributed by atoms with Crippen molar-refractivity contribution < 1.29 is 9.84 Å². The lowest BCUT2D eigenvalue weighted by atomic mass is 10.1. The number of aliphatic hydroxyl groups excluding tert-OH is 1. The van der Waals surface area contributed by atoms with Crippen molar-refractivity contribution in [2.45, 2.75) is 45.9 Å². The summed E-state index contributed by atoms with van der Waals surface area (Å²) in [6.45, 7) is 7.23. The van der Waals surface area contributed by atoms with Gasteiger partial charge in [0.15, 0.2) is 6.10 Å². The molecule has 0 heterocycles. The van der Waals surface area contributed by atoms with Gasteiger partial charge >= 0.3 is 0 Å². The van der Waals surface area contributed by atoms with Crippen LogP contribution in [-0.4, -0.2) is 23.9 Å². The Morgan fingerprint density at radius 3 is 2.45 bits per heavy atom. The predicted octanol–water partition coefficient (Wildman–Crippen LogP) is 2.47. The van der Waals surface area contributed by atoms with Crippen LogP contribution in [0.5, 0.6) is 5.75 Å². The number of nitrogens with one attached hydrogen (secondary N) is 1. The molecule has 0 aromatic heterocycles. The minimum Gasteiger partial charge on any atom is -0.476 e. The zero-order chi connectivity index (χ0) is 15.0. The van der Waals surface area contributed by atoms with Crippen molar-refractivity contribution in [2.75, 3.05) is 6.54 Å². The number of benzene rings is 1. The van der Waals surface area contributed by atoms with E-state index in [1.807, 2.05) is 30.3 Å². The summed E-state index contributed by atoms with van der Waals surface area (Å²) in [6, 6.07) is 9.66. The number of nitriles is 1. The van der Waals surface area contributed by atoms with Crippen molar-refractivity contribution >= 4 is 0 Å². The average Bonchev–Trinajstić information content (AvgIpc) is 2.39. The van der Waals surface area contributed by atoms with E-state index in [9.17, 15) is 5.11 Å². The summed E-state index contributed by atoms with van der Waals surface area (Å²) in [4.78, 5) is 0. The molecular formula is C16H24N2O2. The van der Waals surface area contributed by atoms with Crippen molar-refractivity contribution in [1.82, 2.24) is 5.32 Å². The predicted molar refractivity (Wildman–Crippen MR) is 79.3 cm³/mol. The maximum Gasteiger partial charge on any atom is 0.181 e. The van der Waals surface area contributed by atoms with Gasteiger partial charge < -0.3 is 15.2 Å². The Balaban J connectivity index is 2.33. The van der Waals surface area contributed by atoms with Gasteiger partial charge in [-0.25, -0.2) is 0 Å². The van der Waals surface area contributed by atoms with Crippen LogP contribution >= 0.6 is 0 Å². The maximum atomic E-state index is 9.75. The molecule has 2 atom stereocenters. The number of ether oxygens (including phenoxy) is 1. The lowest BCUT2D eigenvalue weighted by Gasteiger charge is -2.14. The van der Waals surface area contributed by atoms with Crippen LogP contribution in [0.4, 0.5) is 0 Å². The average molecular weight is 276 g/mol. The third-order valence-corrected chi connectivity index (χ3v) is 2.87. The number of nitrogens with zero attached hydrogens (tertiary/aromatic N) is 1. The summed E-state index contributed by atoms with van der Waals surface area (Å²) in [5.41, 5.74) is 1.12. The highest BCUT2D eigenvalue weighted by atomic mass is 16.5. The van der Waals surface area contributed by atoms with E-state index in [1.165, 1.54) is 0 Å². The Bertz CT molecular complexity index is 423. The molecular weight excluding hydrogens is 252 g/mol. The first-order chi connectivity index (χ1) is 9.51. The lowest BCUT2D eigenvalue weighted by molar-refractivity contribution is 0.146. The lowest BCUT2D eigenvalue weighted by Crippen LogP contribution is -2.27. The van der Waals surface area contributed by atoms with Crippen molar-refractivity contribution in [3.05, 3.63) is 29.8 Å². The quantitative estimate of drug-likeness (QED) is 0.765. The van der Waals surface area contributed by atoms with E-state index in [4.69, 9.17) is 10.00 Å². The number of hydrogen-bond acceptors (Lipinski definition) is 4. The van der Waals surface area contributed by atoms with Gasteiger partial charge in [0.25, 0.3) is 0 Å². The Morgan fingerprint density at radius 1 is 1.25 bits per heavy atom. The molecule has 0 bridgehead atoms. The highest BCUT2D eigenvalue weighted by molar-refractivity contribution is 5.27. The SMILES string of the molecule is CC(C)CC(O)CNCc1ccc(OC(C)C#N)cc1. The highest BCUT2D eigenvalue weighted by Gasteiger charge is 2.06. The molecule has 1 aromatic carbocycles. The van der Waals surface area contributed by atoms with Gasteiger partial charge in [-0.05, 0) is 37.0 Å². The van der Waals surface area contributed by atoms with E-state index in [2.05, 4.69) is 19.2 Å². The van der Waals surface area contributed by atoms with E-state index in [0.29, 0.717) is 24.8 Å². The molecule has 0 fully saturated rings. The molecule has 1 aromatic rings. The van der Waals surface area contributed by atoms with Crippen molar-refractivity contribution in [3.63, 3.8) is 0 Å². The van der Waals surface area contributed by atoms with Crippen molar-refractivity contribution in [1.29, 1.82) is 5.26 Å². The summed E-state index contributed by atoms with van der Waals surface area (Å²) in [5.74, 6) is 1.20. The monoisotopic (exact) mass is 276 g/mol. The summed E-state index contributed by atoms with van der Waals surface area (Å²) in [6.07, 6.45) is 0.0745. The number of rotatable bonds is 8. The van der Waals surface area contributed by atoms with Gasteiger partial charge in [-0.3, -0.25) is 0 Å². The van der Waals surface area contributed by atoms with Gasteiger partial charge in [0.2, 0.25) is 0 Å². The normalized spacial score (nSPS) is 13.8. The molecule has 4 nitrogen and oxygen atoms in total. The van der Waals surface area contributed by atoms with E-state index in [0.717, 1.165) is 12.0 Å². The molecule has 4 heteroatoms. The van der Waals surface area contributed by atoms with E-state index < -0.39 is 6.10 Å². The molecule has 0 saturated carbocycles. The van der Waals surface area contributed by atoms with Gasteiger partial charge in [-0.2, -0.15) is 5.26 Å². The zero-order valence-electron chi connectivity index (χ0n) is 12.5. The Hall–Kier alpha value is -1.57. The Kier molecular flexibility index (Phi) is 7.06. The third kappa shape index (κ3) is 6.55. The topological polar surface area (TPSA) is 65.3 Å². The first-order valence-electron chi connectivity index (χ1n) is 7.05. The van der Waals surface area contributed by atoms with Crippen LogP contribution in [0.2, 0.25) is 0 Å². The van der Waals surface area contributed by atoms with Gasteiger partial charge in [0.1, 0.15) is 11.8 Å². The molecule has 2 N–H and O–H groups in total. The molecule has 0 saturated heterocycles. The van der Waals surface area contributed by atoms with Crippen molar-refractivity contribution in [3.8, 4) is 11.8 Å². The maximum absolute atomic E-state index is 9.75. The van der Waals surface area contributed by atoms with Gasteiger partial charge in [0, 0.05) is 13.1 Å². The van der Waals surface area contributed by atoms with Gasteiger partial charge in [0.05, 0.1) is 6.10 Å². The Morgan fingerprint density at radius 2 is 1.90 bits per heavy atom. The molecule has 2 unspecified atom stereocenters. The molecule has 0 amide bonds. The van der Waals surface area contributed by atoms with E-state index >= 15 is 0 Å². The van der Waals surface area contributed by atoms with E-state index in [1.54, 1.807) is 6.92 Å². The molecule has 0 radical (unpaired) electrons. The minimum absolute atomic E-state index is 0.297. The molecule has 0 aliphatic heterocycles. The first-order valence-corrected chi connectivity index (χ1v) is 7.05. The van der Waals surface area contributed by atoms with Gasteiger partial charge in [-0.15, -0.1) is 0 Å². The van der Waals surface area contributed by atoms with Crippen LogP contribution in [-0.2, 0) is 6.54 Å². The highest BCUT2D eigenvalue weighted by Crippen LogP contribution is 2.13. The zero-order valence-corrected chi connectivity index (χ0v) is 12.5.